The van der Waals surface area contributed by atoms with Crippen LogP contribution in [0.1, 0.15) is 0 Å². The summed E-state index contributed by atoms with van der Waals surface area (Å²) < 4.78 is 31.7. The van der Waals surface area contributed by atoms with E-state index in [0.29, 0.717) is 6.54 Å². The Morgan fingerprint density at radius 1 is 1.58 bits per heavy atom. The molecule has 4 nitrogen and oxygen atoms in total. The summed E-state index contributed by atoms with van der Waals surface area (Å²) in [4.78, 5) is 18.2. The molecule has 12 heavy (non-hydrogen) atoms. The highest BCUT2D eigenvalue weighted by molar-refractivity contribution is 5.73. The molecule has 0 aliphatic carbocycles. The molecule has 0 aliphatic heterocycles. The van der Waals surface area contributed by atoms with Gasteiger partial charge in [0.05, 0.1) is 6.54 Å². The monoisotopic (exact) mass is 187 g/mol. The molecule has 0 saturated carbocycles. The number of alkyl halides is 3. The fourth-order valence-electron chi connectivity index (χ4n) is 0.0833. The van der Waals surface area contributed by atoms with E-state index < -0.39 is 12.1 Å². The van der Waals surface area contributed by atoms with Gasteiger partial charge in [0.15, 0.2) is 0 Å². The number of hydrogen-bond acceptors (Lipinski definition) is 3. The summed E-state index contributed by atoms with van der Waals surface area (Å²) in [5.74, 6) is -2.76. The molecule has 0 aromatic rings. The Morgan fingerprint density at radius 2 is 1.92 bits per heavy atom. The average molecular weight is 187 g/mol. The fraction of sp³-hybridized carbons (Fsp3) is 0.600. The van der Waals surface area contributed by atoms with Crippen LogP contribution in [0.4, 0.5) is 13.2 Å². The third-order valence-electron chi connectivity index (χ3n) is 0.530. The second-order valence-electron chi connectivity index (χ2n) is 1.53. The summed E-state index contributed by atoms with van der Waals surface area (Å²) in [7, 11) is 1.73. The lowest BCUT2D eigenvalue weighted by Gasteiger charge is -1.93. The first-order chi connectivity index (χ1) is 5.36. The van der Waals surface area contributed by atoms with Crippen LogP contribution < -0.4 is 5.32 Å². The van der Waals surface area contributed by atoms with Crippen LogP contribution in [0.25, 0.3) is 0 Å². The standard InChI is InChI=1S/C3H7NO.C2HF3O2/c1-4-2-3-5;3-2(4,5)1(6)7/h3-4H,2H2,1H3;(H,6,7). The van der Waals surface area contributed by atoms with Crippen LogP contribution in [0.15, 0.2) is 0 Å². The van der Waals surface area contributed by atoms with Gasteiger partial charge in [-0.2, -0.15) is 13.2 Å². The predicted molar refractivity (Wildman–Crippen MR) is 33.7 cm³/mol. The first-order valence-electron chi connectivity index (χ1n) is 2.74. The highest BCUT2D eigenvalue weighted by Gasteiger charge is 2.38. The van der Waals surface area contributed by atoms with E-state index in [1.807, 2.05) is 0 Å². The molecule has 0 saturated heterocycles. The zero-order valence-electron chi connectivity index (χ0n) is 6.18. The number of likely N-dealkylation sites (N-methyl/N-ethyl adjacent to an activating group) is 1. The van der Waals surface area contributed by atoms with E-state index in [2.05, 4.69) is 5.32 Å². The Hall–Kier alpha value is -1.11. The molecule has 0 radical (unpaired) electrons. The normalized spacial score (nSPS) is 9.67. The van der Waals surface area contributed by atoms with Crippen LogP contribution >= 0.6 is 0 Å². The Bertz CT molecular complexity index is 145. The number of carbonyl (C=O) groups is 2. The molecular weight excluding hydrogens is 179 g/mol. The zero-order chi connectivity index (χ0) is 10.2. The molecule has 0 unspecified atom stereocenters. The Morgan fingerprint density at radius 3 is 1.92 bits per heavy atom. The molecule has 0 fully saturated rings. The van der Waals surface area contributed by atoms with Crippen LogP contribution in [0.5, 0.6) is 0 Å². The third-order valence-corrected chi connectivity index (χ3v) is 0.530. The van der Waals surface area contributed by atoms with Gasteiger partial charge in [0, 0.05) is 0 Å². The largest absolute Gasteiger partial charge is 0.490 e. The van der Waals surface area contributed by atoms with Gasteiger partial charge in [0.1, 0.15) is 6.29 Å². The number of carboxylic acid groups (broad SMARTS) is 1. The summed E-state index contributed by atoms with van der Waals surface area (Å²) in [6.07, 6.45) is -4.26. The number of carboxylic acids is 1. The van der Waals surface area contributed by atoms with E-state index in [-0.39, 0.29) is 0 Å². The molecule has 0 aromatic heterocycles. The molecule has 7 heteroatoms. The van der Waals surface area contributed by atoms with Gasteiger partial charge >= 0.3 is 12.1 Å². The van der Waals surface area contributed by atoms with Crippen LogP contribution in [-0.2, 0) is 9.59 Å². The minimum atomic E-state index is -5.08. The van der Waals surface area contributed by atoms with Crippen molar-refractivity contribution in [2.45, 2.75) is 6.18 Å². The van der Waals surface area contributed by atoms with Crippen LogP contribution in [0.2, 0.25) is 0 Å². The Labute approximate surface area is 66.4 Å². The lowest BCUT2D eigenvalue weighted by Crippen LogP contribution is -2.21. The number of rotatable bonds is 2. The van der Waals surface area contributed by atoms with Crippen molar-refractivity contribution in [3.8, 4) is 0 Å². The van der Waals surface area contributed by atoms with E-state index in [9.17, 15) is 18.0 Å². The first kappa shape index (κ1) is 13.5. The molecule has 0 heterocycles. The maximum absolute atomic E-state index is 10.6. The maximum Gasteiger partial charge on any atom is 0.490 e. The van der Waals surface area contributed by atoms with Crippen molar-refractivity contribution in [1.29, 1.82) is 0 Å². The summed E-state index contributed by atoms with van der Waals surface area (Å²) in [5, 5.41) is 9.77. The van der Waals surface area contributed by atoms with Gasteiger partial charge in [-0.3, -0.25) is 0 Å². The van der Waals surface area contributed by atoms with Gasteiger partial charge < -0.3 is 15.2 Å². The first-order valence-corrected chi connectivity index (χ1v) is 2.74. The van der Waals surface area contributed by atoms with E-state index in [0.717, 1.165) is 6.29 Å². The minimum absolute atomic E-state index is 0.458. The zero-order valence-corrected chi connectivity index (χ0v) is 6.18. The molecule has 0 rings (SSSR count). The van der Waals surface area contributed by atoms with E-state index in [4.69, 9.17) is 9.90 Å². The average Bonchev–Trinajstić information content (AvgIpc) is 1.88. The summed E-state index contributed by atoms with van der Waals surface area (Å²) in [5.41, 5.74) is 0. The highest BCUT2D eigenvalue weighted by atomic mass is 19.4. The van der Waals surface area contributed by atoms with Gasteiger partial charge in [0.2, 0.25) is 0 Å². The summed E-state index contributed by atoms with van der Waals surface area (Å²) >= 11 is 0. The maximum atomic E-state index is 10.6. The second-order valence-corrected chi connectivity index (χ2v) is 1.53. The van der Waals surface area contributed by atoms with Crippen LogP contribution in [0.3, 0.4) is 0 Å². The van der Waals surface area contributed by atoms with Crippen molar-refractivity contribution in [2.24, 2.45) is 0 Å². The molecule has 0 amide bonds. The fourth-order valence-corrected chi connectivity index (χ4v) is 0.0833. The number of carbonyl (C=O) groups excluding carboxylic acids is 1. The smallest absolute Gasteiger partial charge is 0.475 e. The van der Waals surface area contributed by atoms with Gasteiger partial charge in [-0.1, -0.05) is 0 Å². The van der Waals surface area contributed by atoms with Gasteiger partial charge in [-0.25, -0.2) is 4.79 Å². The van der Waals surface area contributed by atoms with Crippen LogP contribution in [0, 0.1) is 0 Å². The minimum Gasteiger partial charge on any atom is -0.475 e. The molecule has 0 bridgehead atoms. The molecule has 0 aromatic carbocycles. The summed E-state index contributed by atoms with van der Waals surface area (Å²) in [6.45, 7) is 0.458. The quantitative estimate of drug-likeness (QED) is 0.599. The van der Waals surface area contributed by atoms with Gasteiger partial charge in [-0.05, 0) is 7.05 Å². The number of hydrogen-bond donors (Lipinski definition) is 2. The van der Waals surface area contributed by atoms with E-state index in [1.54, 1.807) is 7.05 Å². The van der Waals surface area contributed by atoms with Crippen molar-refractivity contribution in [3.05, 3.63) is 0 Å². The number of aliphatic carboxylic acids is 1. The van der Waals surface area contributed by atoms with Crippen molar-refractivity contribution in [1.82, 2.24) is 5.32 Å². The highest BCUT2D eigenvalue weighted by Crippen LogP contribution is 2.13. The van der Waals surface area contributed by atoms with E-state index in [1.165, 1.54) is 0 Å². The van der Waals surface area contributed by atoms with Crippen molar-refractivity contribution in [3.63, 3.8) is 0 Å². The topological polar surface area (TPSA) is 66.4 Å². The lowest BCUT2D eigenvalue weighted by atomic mass is 10.7. The Kier molecular flexibility index (Phi) is 7.40. The molecule has 72 valence electrons. The predicted octanol–water partition coefficient (Wildman–Crippen LogP) is 0.0380. The molecular formula is C5H8F3NO3. The van der Waals surface area contributed by atoms with Crippen molar-refractivity contribution < 1.29 is 27.9 Å². The Balaban J connectivity index is 0. The molecule has 0 spiro atoms. The number of halogens is 3. The third kappa shape index (κ3) is 11.7. The molecule has 0 atom stereocenters. The number of aldehydes is 1. The van der Waals surface area contributed by atoms with Gasteiger partial charge in [-0.15, -0.1) is 0 Å². The van der Waals surface area contributed by atoms with Crippen LogP contribution in [-0.4, -0.2) is 37.1 Å². The van der Waals surface area contributed by atoms with Crippen molar-refractivity contribution >= 4 is 12.3 Å². The SMILES string of the molecule is CNCC=O.O=C(O)C(F)(F)F. The lowest BCUT2D eigenvalue weighted by molar-refractivity contribution is -0.192. The van der Waals surface area contributed by atoms with Crippen molar-refractivity contribution in [2.75, 3.05) is 13.6 Å². The van der Waals surface area contributed by atoms with Gasteiger partial charge in [0.25, 0.3) is 0 Å². The molecule has 0 aliphatic rings. The molecule has 2 N–H and O–H groups in total. The number of nitrogens with one attached hydrogen (secondary N) is 1. The summed E-state index contributed by atoms with van der Waals surface area (Å²) in [6, 6.07) is 0. The van der Waals surface area contributed by atoms with E-state index >= 15 is 0 Å². The second kappa shape index (κ2) is 6.59.